The molecule has 3 N–H and O–H groups in total. The lowest BCUT2D eigenvalue weighted by Gasteiger charge is -2.25. The van der Waals surface area contributed by atoms with Crippen LogP contribution >= 0.6 is 0 Å². The Morgan fingerprint density at radius 3 is 2.67 bits per heavy atom. The van der Waals surface area contributed by atoms with Gasteiger partial charge in [0.25, 0.3) is 5.91 Å². The van der Waals surface area contributed by atoms with E-state index in [2.05, 4.69) is 15.3 Å². The number of hydrazine groups is 1. The summed E-state index contributed by atoms with van der Waals surface area (Å²) in [6.45, 7) is 2.27. The number of nitrogen functional groups attached to an aromatic ring is 1. The highest BCUT2D eigenvalue weighted by Gasteiger charge is 2.16. The molecular weight excluding hydrogens is 232 g/mol. The molecule has 0 aromatic carbocycles. The van der Waals surface area contributed by atoms with Crippen molar-refractivity contribution in [3.8, 4) is 0 Å². The number of likely N-dealkylation sites (tertiary alicyclic amines) is 1. The van der Waals surface area contributed by atoms with Gasteiger partial charge < -0.3 is 0 Å². The first kappa shape index (κ1) is 12.7. The zero-order valence-corrected chi connectivity index (χ0v) is 10.1. The van der Waals surface area contributed by atoms with Gasteiger partial charge in [-0.3, -0.25) is 24.9 Å². The number of carbonyl (C=O) groups excluding carboxylic acids is 2. The van der Waals surface area contributed by atoms with Gasteiger partial charge in [-0.2, -0.15) is 0 Å². The smallest absolute Gasteiger partial charge is 0.266 e. The number of pyridine rings is 1. The van der Waals surface area contributed by atoms with Crippen LogP contribution in [-0.2, 0) is 11.3 Å². The van der Waals surface area contributed by atoms with Crippen LogP contribution in [0.25, 0.3) is 0 Å². The quantitative estimate of drug-likeness (QED) is 0.441. The summed E-state index contributed by atoms with van der Waals surface area (Å²) in [4.78, 5) is 28.7. The minimum Gasteiger partial charge on any atom is -0.300 e. The summed E-state index contributed by atoms with van der Waals surface area (Å²) in [5.74, 6) is 5.02. The molecule has 1 aliphatic rings. The van der Waals surface area contributed by atoms with E-state index < -0.39 is 0 Å². The van der Waals surface area contributed by atoms with E-state index in [0.29, 0.717) is 30.7 Å². The van der Waals surface area contributed by atoms with Crippen molar-refractivity contribution in [1.29, 1.82) is 0 Å². The number of aromatic nitrogens is 1. The first-order valence-corrected chi connectivity index (χ1v) is 5.89. The Kier molecular flexibility index (Phi) is 4.01. The summed E-state index contributed by atoms with van der Waals surface area (Å²) in [6, 6.07) is 3.50. The summed E-state index contributed by atoms with van der Waals surface area (Å²) in [5, 5.41) is 0. The van der Waals surface area contributed by atoms with Crippen LogP contribution in [0.5, 0.6) is 0 Å². The number of Topliss-reactive ketones (excluding diaryl/α,β-unsaturated/α-hetero) is 1. The van der Waals surface area contributed by atoms with Crippen molar-refractivity contribution in [2.24, 2.45) is 5.84 Å². The number of amides is 1. The van der Waals surface area contributed by atoms with Gasteiger partial charge in [0.15, 0.2) is 0 Å². The second kappa shape index (κ2) is 5.70. The summed E-state index contributed by atoms with van der Waals surface area (Å²) < 4.78 is 0. The van der Waals surface area contributed by atoms with Crippen molar-refractivity contribution in [1.82, 2.24) is 15.3 Å². The fourth-order valence-corrected chi connectivity index (χ4v) is 1.93. The molecule has 1 saturated heterocycles. The highest BCUT2D eigenvalue weighted by atomic mass is 16.2. The van der Waals surface area contributed by atoms with E-state index in [1.807, 2.05) is 0 Å². The number of rotatable bonds is 3. The molecular formula is C12H16N4O2. The molecule has 1 aliphatic heterocycles. The molecule has 0 unspecified atom stereocenters. The molecule has 18 heavy (non-hydrogen) atoms. The third-order valence-corrected chi connectivity index (χ3v) is 3.02. The predicted octanol–water partition coefficient (Wildman–Crippen LogP) is -0.150. The summed E-state index contributed by atoms with van der Waals surface area (Å²) in [6.07, 6.45) is 2.74. The lowest BCUT2D eigenvalue weighted by Crippen LogP contribution is -2.33. The molecule has 2 rings (SSSR count). The zero-order valence-electron chi connectivity index (χ0n) is 10.1. The highest BCUT2D eigenvalue weighted by molar-refractivity contribution is 5.93. The van der Waals surface area contributed by atoms with E-state index in [1.54, 1.807) is 12.1 Å². The Balaban J connectivity index is 1.94. The van der Waals surface area contributed by atoms with Gasteiger partial charge in [-0.15, -0.1) is 0 Å². The molecule has 1 amide bonds. The summed E-state index contributed by atoms with van der Waals surface area (Å²) in [5.41, 5.74) is 3.39. The van der Waals surface area contributed by atoms with Crippen molar-refractivity contribution < 1.29 is 9.59 Å². The second-order valence-corrected chi connectivity index (χ2v) is 4.33. The standard InChI is InChI=1S/C12H16N4O2/c13-15-12(18)9-1-2-10(14-7-9)8-16-5-3-11(17)4-6-16/h1-2,7H,3-6,8,13H2,(H,15,18). The van der Waals surface area contributed by atoms with E-state index in [4.69, 9.17) is 5.84 Å². The minimum absolute atomic E-state index is 0.328. The van der Waals surface area contributed by atoms with Crippen LogP contribution in [0.3, 0.4) is 0 Å². The molecule has 2 heterocycles. The summed E-state index contributed by atoms with van der Waals surface area (Å²) in [7, 11) is 0. The van der Waals surface area contributed by atoms with Gasteiger partial charge in [-0.1, -0.05) is 0 Å². The van der Waals surface area contributed by atoms with E-state index >= 15 is 0 Å². The van der Waals surface area contributed by atoms with Crippen LogP contribution in [0.2, 0.25) is 0 Å². The maximum absolute atomic E-state index is 11.2. The molecule has 1 fully saturated rings. The van der Waals surface area contributed by atoms with Crippen molar-refractivity contribution in [3.63, 3.8) is 0 Å². The Morgan fingerprint density at radius 2 is 2.11 bits per heavy atom. The van der Waals surface area contributed by atoms with Gasteiger partial charge in [0.2, 0.25) is 0 Å². The van der Waals surface area contributed by atoms with Crippen LogP contribution in [0, 0.1) is 0 Å². The van der Waals surface area contributed by atoms with Crippen LogP contribution < -0.4 is 11.3 Å². The highest BCUT2D eigenvalue weighted by Crippen LogP contribution is 2.10. The van der Waals surface area contributed by atoms with Gasteiger partial charge in [0.05, 0.1) is 11.3 Å². The minimum atomic E-state index is -0.349. The van der Waals surface area contributed by atoms with Crippen LogP contribution in [-0.4, -0.2) is 34.7 Å². The van der Waals surface area contributed by atoms with E-state index in [-0.39, 0.29) is 5.91 Å². The number of hydrogen-bond donors (Lipinski definition) is 2. The van der Waals surface area contributed by atoms with E-state index in [0.717, 1.165) is 18.8 Å². The predicted molar refractivity (Wildman–Crippen MR) is 65.4 cm³/mol. The van der Waals surface area contributed by atoms with Crippen molar-refractivity contribution in [2.45, 2.75) is 19.4 Å². The maximum atomic E-state index is 11.2. The molecule has 6 nitrogen and oxygen atoms in total. The number of nitrogens with one attached hydrogen (secondary N) is 1. The van der Waals surface area contributed by atoms with Gasteiger partial charge in [0.1, 0.15) is 5.78 Å². The third kappa shape index (κ3) is 3.12. The third-order valence-electron chi connectivity index (χ3n) is 3.02. The fraction of sp³-hybridized carbons (Fsp3) is 0.417. The number of ketones is 1. The van der Waals surface area contributed by atoms with Crippen molar-refractivity contribution in [3.05, 3.63) is 29.6 Å². The molecule has 0 saturated carbocycles. The monoisotopic (exact) mass is 248 g/mol. The van der Waals surface area contributed by atoms with Crippen LogP contribution in [0.15, 0.2) is 18.3 Å². The van der Waals surface area contributed by atoms with Crippen LogP contribution in [0.1, 0.15) is 28.9 Å². The zero-order chi connectivity index (χ0) is 13.0. The molecule has 1 aromatic heterocycles. The Bertz CT molecular complexity index is 434. The SMILES string of the molecule is NNC(=O)c1ccc(CN2CCC(=O)CC2)nc1. The first-order chi connectivity index (χ1) is 8.69. The largest absolute Gasteiger partial charge is 0.300 e. The average Bonchev–Trinajstić information content (AvgIpc) is 2.41. The van der Waals surface area contributed by atoms with Gasteiger partial charge in [-0.25, -0.2) is 5.84 Å². The van der Waals surface area contributed by atoms with Crippen molar-refractivity contribution >= 4 is 11.7 Å². The molecule has 1 aromatic rings. The van der Waals surface area contributed by atoms with E-state index in [1.165, 1.54) is 6.20 Å². The second-order valence-electron chi connectivity index (χ2n) is 4.33. The molecule has 0 atom stereocenters. The molecule has 0 bridgehead atoms. The summed E-state index contributed by atoms with van der Waals surface area (Å²) >= 11 is 0. The lowest BCUT2D eigenvalue weighted by molar-refractivity contribution is -0.121. The Morgan fingerprint density at radius 1 is 1.39 bits per heavy atom. The Labute approximate surface area is 105 Å². The van der Waals surface area contributed by atoms with Crippen molar-refractivity contribution in [2.75, 3.05) is 13.1 Å². The Hall–Kier alpha value is -1.79. The molecule has 0 radical (unpaired) electrons. The fourth-order valence-electron chi connectivity index (χ4n) is 1.93. The number of nitrogens with zero attached hydrogens (tertiary/aromatic N) is 2. The topological polar surface area (TPSA) is 88.3 Å². The van der Waals surface area contributed by atoms with Gasteiger partial charge >= 0.3 is 0 Å². The molecule has 0 aliphatic carbocycles. The number of carbonyl (C=O) groups is 2. The van der Waals surface area contributed by atoms with Gasteiger partial charge in [0, 0.05) is 38.7 Å². The van der Waals surface area contributed by atoms with Crippen LogP contribution in [0.4, 0.5) is 0 Å². The maximum Gasteiger partial charge on any atom is 0.266 e. The lowest BCUT2D eigenvalue weighted by atomic mass is 10.1. The normalized spacial score (nSPS) is 16.6. The number of hydrogen-bond acceptors (Lipinski definition) is 5. The number of piperidine rings is 1. The number of nitrogens with two attached hydrogens (primary N) is 1. The van der Waals surface area contributed by atoms with Gasteiger partial charge in [-0.05, 0) is 12.1 Å². The molecule has 0 spiro atoms. The molecule has 96 valence electrons. The first-order valence-electron chi connectivity index (χ1n) is 5.89. The average molecular weight is 248 g/mol. The molecule has 6 heteroatoms. The van der Waals surface area contributed by atoms with E-state index in [9.17, 15) is 9.59 Å².